The van der Waals surface area contributed by atoms with Gasteiger partial charge < -0.3 is 15.2 Å². The first-order valence-corrected chi connectivity index (χ1v) is 9.93. The number of hydrogen-bond donors (Lipinski definition) is 2. The molecular weight excluding hydrogens is 350 g/mol. The molecule has 2 N–H and O–H groups in total. The number of nitrogens with one attached hydrogen (secondary N) is 2. The van der Waals surface area contributed by atoms with Crippen LogP contribution in [0, 0.1) is 5.92 Å². The van der Waals surface area contributed by atoms with Crippen LogP contribution in [0.15, 0.2) is 65.2 Å². The molecule has 2 atom stereocenters. The van der Waals surface area contributed by atoms with Gasteiger partial charge in [0, 0.05) is 29.3 Å². The Morgan fingerprint density at radius 2 is 1.86 bits per heavy atom. The summed E-state index contributed by atoms with van der Waals surface area (Å²) in [5.41, 5.74) is 3.27. The zero-order valence-electron chi connectivity index (χ0n) is 15.6. The maximum atomic E-state index is 12.5. The highest BCUT2D eigenvalue weighted by Gasteiger charge is 2.38. The summed E-state index contributed by atoms with van der Waals surface area (Å²) in [6.45, 7) is 1.16. The van der Waals surface area contributed by atoms with Crippen molar-refractivity contribution in [1.82, 2.24) is 10.5 Å². The van der Waals surface area contributed by atoms with Crippen molar-refractivity contribution in [2.24, 2.45) is 5.92 Å². The molecule has 0 spiro atoms. The van der Waals surface area contributed by atoms with Crippen LogP contribution in [-0.4, -0.2) is 23.7 Å². The first-order chi connectivity index (χ1) is 13.8. The Balaban J connectivity index is 1.18. The topological polar surface area (TPSA) is 67.2 Å². The highest BCUT2D eigenvalue weighted by Crippen LogP contribution is 2.41. The van der Waals surface area contributed by atoms with Gasteiger partial charge in [0.05, 0.1) is 0 Å². The van der Waals surface area contributed by atoms with Gasteiger partial charge in [0.25, 0.3) is 5.91 Å². The van der Waals surface area contributed by atoms with E-state index < -0.39 is 0 Å². The fraction of sp³-hybridized carbons (Fsp3) is 0.304. The van der Waals surface area contributed by atoms with Gasteiger partial charge >= 0.3 is 0 Å². The highest BCUT2D eigenvalue weighted by atomic mass is 16.5. The predicted molar refractivity (Wildman–Crippen MR) is 108 cm³/mol. The minimum Gasteiger partial charge on any atom is -0.355 e. The molecule has 1 aromatic heterocycles. The van der Waals surface area contributed by atoms with Crippen LogP contribution in [0.1, 0.15) is 41.2 Å². The van der Waals surface area contributed by atoms with E-state index in [2.05, 4.69) is 27.9 Å². The average molecular weight is 373 g/mol. The van der Waals surface area contributed by atoms with Crippen LogP contribution in [0.25, 0.3) is 11.3 Å². The predicted octanol–water partition coefficient (Wildman–Crippen LogP) is 4.45. The number of anilines is 1. The normalized spacial score (nSPS) is 20.7. The van der Waals surface area contributed by atoms with Gasteiger partial charge in [-0.2, -0.15) is 0 Å². The van der Waals surface area contributed by atoms with Gasteiger partial charge in [-0.3, -0.25) is 4.79 Å². The van der Waals surface area contributed by atoms with Crippen molar-refractivity contribution < 1.29 is 9.32 Å². The summed E-state index contributed by atoms with van der Waals surface area (Å²) in [5.74, 6) is 1.83. The fourth-order valence-corrected chi connectivity index (χ4v) is 3.56. The Hall–Kier alpha value is -2.92. The summed E-state index contributed by atoms with van der Waals surface area (Å²) >= 11 is 0. The van der Waals surface area contributed by atoms with Crippen molar-refractivity contribution in [3.8, 4) is 11.3 Å². The lowest BCUT2D eigenvalue weighted by molar-refractivity contribution is 0.101. The molecule has 1 heterocycles. The van der Waals surface area contributed by atoms with Gasteiger partial charge in [-0.05, 0) is 49.4 Å². The molecule has 0 radical (unpaired) electrons. The summed E-state index contributed by atoms with van der Waals surface area (Å²) in [7, 11) is 0. The van der Waals surface area contributed by atoms with E-state index in [4.69, 9.17) is 4.52 Å². The van der Waals surface area contributed by atoms with Crippen LogP contribution in [-0.2, 0) is 0 Å². The zero-order valence-corrected chi connectivity index (χ0v) is 15.6. The minimum absolute atomic E-state index is 0.269. The number of benzene rings is 2. The number of nitrogens with zero attached hydrogens (tertiary/aromatic N) is 1. The monoisotopic (exact) mass is 373 g/mol. The Morgan fingerprint density at radius 1 is 1.07 bits per heavy atom. The highest BCUT2D eigenvalue weighted by molar-refractivity contribution is 6.03. The number of aromatic nitrogens is 1. The van der Waals surface area contributed by atoms with E-state index in [9.17, 15) is 4.79 Å². The fourth-order valence-electron chi connectivity index (χ4n) is 3.56. The molecule has 0 saturated heterocycles. The maximum absolute atomic E-state index is 12.5. The Labute approximate surface area is 164 Å². The minimum atomic E-state index is -0.269. The molecule has 0 bridgehead atoms. The van der Waals surface area contributed by atoms with Gasteiger partial charge in [-0.15, -0.1) is 0 Å². The van der Waals surface area contributed by atoms with Gasteiger partial charge in [-0.25, -0.2) is 0 Å². The van der Waals surface area contributed by atoms with Crippen molar-refractivity contribution in [1.29, 1.82) is 0 Å². The van der Waals surface area contributed by atoms with E-state index >= 15 is 0 Å². The molecule has 2 aliphatic rings. The molecule has 2 unspecified atom stereocenters. The van der Waals surface area contributed by atoms with Crippen LogP contribution >= 0.6 is 0 Å². The number of amides is 1. The number of rotatable bonds is 7. The first kappa shape index (κ1) is 17.2. The molecule has 3 aromatic rings. The molecule has 5 rings (SSSR count). The second-order valence-corrected chi connectivity index (χ2v) is 7.82. The molecule has 142 valence electrons. The lowest BCUT2D eigenvalue weighted by Gasteiger charge is -2.06. The third-order valence-electron chi connectivity index (χ3n) is 5.55. The molecule has 2 fully saturated rings. The zero-order chi connectivity index (χ0) is 18.9. The number of carbonyl (C=O) groups is 1. The van der Waals surface area contributed by atoms with E-state index in [1.165, 1.54) is 24.8 Å². The summed E-state index contributed by atoms with van der Waals surface area (Å²) in [5, 5.41) is 10.5. The molecule has 5 nitrogen and oxygen atoms in total. The Bertz CT molecular complexity index is 961. The van der Waals surface area contributed by atoms with Crippen LogP contribution in [0.5, 0.6) is 0 Å². The van der Waals surface area contributed by atoms with E-state index in [0.717, 1.165) is 23.7 Å². The smallest absolute Gasteiger partial charge is 0.277 e. The van der Waals surface area contributed by atoms with Crippen LogP contribution < -0.4 is 10.6 Å². The molecule has 28 heavy (non-hydrogen) atoms. The van der Waals surface area contributed by atoms with Crippen molar-refractivity contribution in [2.45, 2.75) is 31.2 Å². The summed E-state index contributed by atoms with van der Waals surface area (Å²) in [4.78, 5) is 12.5. The lowest BCUT2D eigenvalue weighted by Crippen LogP contribution is -2.20. The second-order valence-electron chi connectivity index (χ2n) is 7.82. The van der Waals surface area contributed by atoms with E-state index in [0.29, 0.717) is 17.7 Å². The number of hydrogen-bond acceptors (Lipinski definition) is 4. The second kappa shape index (κ2) is 7.24. The molecular formula is C23H23N3O2. The van der Waals surface area contributed by atoms with Crippen LogP contribution in [0.3, 0.4) is 0 Å². The Kier molecular flexibility index (Phi) is 4.45. The van der Waals surface area contributed by atoms with E-state index in [-0.39, 0.29) is 11.6 Å². The van der Waals surface area contributed by atoms with Crippen molar-refractivity contribution in [3.05, 3.63) is 71.9 Å². The molecule has 2 aliphatic carbocycles. The molecule has 2 saturated carbocycles. The van der Waals surface area contributed by atoms with Gasteiger partial charge in [0.15, 0.2) is 11.5 Å². The largest absolute Gasteiger partial charge is 0.355 e. The van der Waals surface area contributed by atoms with Gasteiger partial charge in [0.1, 0.15) is 0 Å². The Morgan fingerprint density at radius 3 is 2.61 bits per heavy atom. The summed E-state index contributed by atoms with van der Waals surface area (Å²) in [6, 6.07) is 20.0. The van der Waals surface area contributed by atoms with Gasteiger partial charge in [-0.1, -0.05) is 47.6 Å². The number of carbonyl (C=O) groups excluding carboxylic acids is 1. The first-order valence-electron chi connectivity index (χ1n) is 9.93. The van der Waals surface area contributed by atoms with Crippen molar-refractivity contribution in [2.75, 3.05) is 11.9 Å². The van der Waals surface area contributed by atoms with Crippen molar-refractivity contribution >= 4 is 11.6 Å². The van der Waals surface area contributed by atoms with E-state index in [1.54, 1.807) is 6.07 Å². The lowest BCUT2D eigenvalue weighted by atomic mass is 10.1. The summed E-state index contributed by atoms with van der Waals surface area (Å²) in [6.07, 6.45) is 3.98. The third-order valence-corrected chi connectivity index (χ3v) is 5.55. The van der Waals surface area contributed by atoms with Crippen molar-refractivity contribution in [3.63, 3.8) is 0 Å². The summed E-state index contributed by atoms with van der Waals surface area (Å²) < 4.78 is 5.31. The molecule has 5 heteroatoms. The maximum Gasteiger partial charge on any atom is 0.277 e. The SMILES string of the molecule is O=C(Nc1ccc(C2CC2NCC2CC2)cc1)c1cc(-c2ccccc2)on1. The molecule has 0 aliphatic heterocycles. The average Bonchev–Trinajstić information content (AvgIpc) is 3.65. The standard InChI is InChI=1S/C23H23N3O2/c27-23(21-13-22(28-26-21)17-4-2-1-3-5-17)25-18-10-8-16(9-11-18)19-12-20(19)24-14-15-6-7-15/h1-5,8-11,13,15,19-20,24H,6-7,12,14H2,(H,25,27). The molecule has 2 aromatic carbocycles. The van der Waals surface area contributed by atoms with Gasteiger partial charge in [0.2, 0.25) is 0 Å². The van der Waals surface area contributed by atoms with Crippen LogP contribution in [0.2, 0.25) is 0 Å². The third kappa shape index (κ3) is 3.85. The quantitative estimate of drug-likeness (QED) is 0.642. The van der Waals surface area contributed by atoms with Crippen LogP contribution in [0.4, 0.5) is 5.69 Å². The van der Waals surface area contributed by atoms with E-state index in [1.807, 2.05) is 42.5 Å². The molecule has 1 amide bonds.